The second kappa shape index (κ2) is 4.42. The maximum absolute atomic E-state index is 9.54. The number of ether oxygens (including phenoxy) is 1. The standard InChI is InChI=1S/C11H14O2S/c1-7-4-10(6-13-9(3)14)5-8(2)11(7)12/h4-5,12H,6H2,1-3H3. The average Bonchev–Trinajstić information content (AvgIpc) is 2.10. The molecule has 1 rings (SSSR count). The summed E-state index contributed by atoms with van der Waals surface area (Å²) < 4.78 is 5.23. The molecule has 1 aromatic carbocycles. The minimum atomic E-state index is 0.354. The van der Waals surface area contributed by atoms with Crippen molar-refractivity contribution in [3.8, 4) is 5.75 Å². The van der Waals surface area contributed by atoms with Crippen molar-refractivity contribution in [2.75, 3.05) is 0 Å². The molecule has 0 radical (unpaired) electrons. The minimum Gasteiger partial charge on any atom is -0.507 e. The Kier molecular flexibility index (Phi) is 3.47. The number of rotatable bonds is 2. The topological polar surface area (TPSA) is 29.5 Å². The average molecular weight is 210 g/mol. The van der Waals surface area contributed by atoms with E-state index >= 15 is 0 Å². The van der Waals surface area contributed by atoms with E-state index in [1.54, 1.807) is 6.92 Å². The van der Waals surface area contributed by atoms with E-state index in [0.717, 1.165) is 16.7 Å². The van der Waals surface area contributed by atoms with Gasteiger partial charge < -0.3 is 9.84 Å². The maximum atomic E-state index is 9.54. The second-order valence-corrected chi connectivity index (χ2v) is 3.93. The van der Waals surface area contributed by atoms with Crippen molar-refractivity contribution in [2.45, 2.75) is 27.4 Å². The summed E-state index contributed by atoms with van der Waals surface area (Å²) in [6, 6.07) is 3.81. The molecule has 1 aromatic rings. The lowest BCUT2D eigenvalue weighted by Crippen LogP contribution is -1.97. The number of phenolic OH excluding ortho intramolecular Hbond substituents is 1. The highest BCUT2D eigenvalue weighted by molar-refractivity contribution is 7.80. The van der Waals surface area contributed by atoms with Gasteiger partial charge in [-0.2, -0.15) is 0 Å². The van der Waals surface area contributed by atoms with Gasteiger partial charge in [0.15, 0.2) is 5.05 Å². The molecule has 76 valence electrons. The molecule has 14 heavy (non-hydrogen) atoms. The smallest absolute Gasteiger partial charge is 0.157 e. The predicted molar refractivity (Wildman–Crippen MR) is 60.6 cm³/mol. The van der Waals surface area contributed by atoms with E-state index in [1.165, 1.54) is 0 Å². The van der Waals surface area contributed by atoms with Crippen molar-refractivity contribution >= 4 is 17.3 Å². The van der Waals surface area contributed by atoms with Crippen LogP contribution in [0.5, 0.6) is 5.75 Å². The first-order valence-corrected chi connectivity index (χ1v) is 4.84. The van der Waals surface area contributed by atoms with Gasteiger partial charge in [0, 0.05) is 6.92 Å². The third kappa shape index (κ3) is 2.70. The van der Waals surface area contributed by atoms with Crippen molar-refractivity contribution in [3.63, 3.8) is 0 Å². The quantitative estimate of drug-likeness (QED) is 0.761. The van der Waals surface area contributed by atoms with E-state index in [-0.39, 0.29) is 0 Å². The molecule has 0 saturated heterocycles. The highest BCUT2D eigenvalue weighted by Gasteiger charge is 2.03. The summed E-state index contributed by atoms with van der Waals surface area (Å²) in [5.41, 5.74) is 2.76. The first-order valence-electron chi connectivity index (χ1n) is 4.43. The fraction of sp³-hybridized carbons (Fsp3) is 0.364. The van der Waals surface area contributed by atoms with Crippen molar-refractivity contribution in [1.82, 2.24) is 0 Å². The lowest BCUT2D eigenvalue weighted by atomic mass is 10.1. The van der Waals surface area contributed by atoms with Crippen LogP contribution in [0.1, 0.15) is 23.6 Å². The normalized spacial score (nSPS) is 9.93. The second-order valence-electron chi connectivity index (χ2n) is 3.36. The van der Waals surface area contributed by atoms with E-state index in [0.29, 0.717) is 17.4 Å². The van der Waals surface area contributed by atoms with Crippen LogP contribution in [-0.4, -0.2) is 10.2 Å². The van der Waals surface area contributed by atoms with Crippen LogP contribution in [0.2, 0.25) is 0 Å². The van der Waals surface area contributed by atoms with Crippen molar-refractivity contribution in [1.29, 1.82) is 0 Å². The Morgan fingerprint density at radius 1 is 1.36 bits per heavy atom. The van der Waals surface area contributed by atoms with Crippen molar-refractivity contribution in [2.24, 2.45) is 0 Å². The van der Waals surface area contributed by atoms with E-state index in [4.69, 9.17) is 17.0 Å². The third-order valence-corrected chi connectivity index (χ3v) is 2.11. The van der Waals surface area contributed by atoms with E-state index in [1.807, 2.05) is 26.0 Å². The first-order chi connectivity index (χ1) is 6.50. The van der Waals surface area contributed by atoms with Gasteiger partial charge in [0.25, 0.3) is 0 Å². The molecule has 0 aliphatic heterocycles. The maximum Gasteiger partial charge on any atom is 0.157 e. The predicted octanol–water partition coefficient (Wildman–Crippen LogP) is 2.87. The molecule has 0 bridgehead atoms. The zero-order valence-electron chi connectivity index (χ0n) is 8.63. The molecule has 0 fully saturated rings. The third-order valence-electron chi connectivity index (χ3n) is 1.99. The Bertz CT molecular complexity index is 335. The molecule has 2 nitrogen and oxygen atoms in total. The molecule has 0 amide bonds. The van der Waals surface area contributed by atoms with Gasteiger partial charge in [-0.15, -0.1) is 0 Å². The fourth-order valence-electron chi connectivity index (χ4n) is 1.31. The van der Waals surface area contributed by atoms with Crippen LogP contribution in [0.3, 0.4) is 0 Å². The molecule has 0 spiro atoms. The number of benzene rings is 1. The Hall–Kier alpha value is -1.09. The molecule has 0 aliphatic rings. The van der Waals surface area contributed by atoms with Crippen LogP contribution in [0.15, 0.2) is 12.1 Å². The summed E-state index contributed by atoms with van der Waals surface area (Å²) in [7, 11) is 0. The van der Waals surface area contributed by atoms with Gasteiger partial charge >= 0.3 is 0 Å². The molecule has 0 saturated carbocycles. The summed E-state index contributed by atoms with van der Waals surface area (Å²) in [5.74, 6) is 0.354. The van der Waals surface area contributed by atoms with Crippen LogP contribution in [-0.2, 0) is 11.3 Å². The lowest BCUT2D eigenvalue weighted by molar-refractivity contribution is 0.298. The van der Waals surface area contributed by atoms with Crippen molar-refractivity contribution in [3.05, 3.63) is 28.8 Å². The summed E-state index contributed by atoms with van der Waals surface area (Å²) >= 11 is 4.81. The summed E-state index contributed by atoms with van der Waals surface area (Å²) in [5, 5.41) is 10.1. The number of phenols is 1. The van der Waals surface area contributed by atoms with Crippen LogP contribution in [0.25, 0.3) is 0 Å². The SMILES string of the molecule is CC(=S)OCc1cc(C)c(O)c(C)c1. The van der Waals surface area contributed by atoms with Crippen LogP contribution in [0, 0.1) is 13.8 Å². The fourth-order valence-corrected chi connectivity index (χ4v) is 1.37. The molecule has 0 heterocycles. The molecule has 0 unspecified atom stereocenters. The monoisotopic (exact) mass is 210 g/mol. The molecule has 0 aliphatic carbocycles. The van der Waals surface area contributed by atoms with Crippen LogP contribution in [0.4, 0.5) is 0 Å². The van der Waals surface area contributed by atoms with Gasteiger partial charge in [0.1, 0.15) is 12.4 Å². The summed E-state index contributed by atoms with van der Waals surface area (Å²) in [6.45, 7) is 5.96. The van der Waals surface area contributed by atoms with E-state index < -0.39 is 0 Å². The highest BCUT2D eigenvalue weighted by Crippen LogP contribution is 2.23. The lowest BCUT2D eigenvalue weighted by Gasteiger charge is -2.08. The van der Waals surface area contributed by atoms with E-state index in [9.17, 15) is 5.11 Å². The minimum absolute atomic E-state index is 0.354. The van der Waals surface area contributed by atoms with Gasteiger partial charge in [0.2, 0.25) is 0 Å². The zero-order valence-corrected chi connectivity index (χ0v) is 9.44. The Morgan fingerprint density at radius 2 is 1.86 bits per heavy atom. The Morgan fingerprint density at radius 3 is 2.29 bits per heavy atom. The number of aromatic hydroxyl groups is 1. The summed E-state index contributed by atoms with van der Waals surface area (Å²) in [4.78, 5) is 0. The zero-order chi connectivity index (χ0) is 10.7. The summed E-state index contributed by atoms with van der Waals surface area (Å²) in [6.07, 6.45) is 0. The number of aryl methyl sites for hydroxylation is 2. The number of thiocarbonyl (C=S) groups is 1. The van der Waals surface area contributed by atoms with Gasteiger partial charge in [-0.05, 0) is 54.9 Å². The van der Waals surface area contributed by atoms with Crippen LogP contribution < -0.4 is 0 Å². The molecule has 3 heteroatoms. The molecule has 0 aromatic heterocycles. The largest absolute Gasteiger partial charge is 0.507 e. The Balaban J connectivity index is 2.84. The van der Waals surface area contributed by atoms with Gasteiger partial charge in [0.05, 0.1) is 0 Å². The van der Waals surface area contributed by atoms with Gasteiger partial charge in [-0.1, -0.05) is 0 Å². The first kappa shape index (κ1) is 11.0. The number of hydrogen-bond acceptors (Lipinski definition) is 3. The Labute approximate surface area is 89.5 Å². The molecular formula is C11H14O2S. The van der Waals surface area contributed by atoms with Crippen LogP contribution >= 0.6 is 12.2 Å². The molecular weight excluding hydrogens is 196 g/mol. The molecule has 0 atom stereocenters. The van der Waals surface area contributed by atoms with Gasteiger partial charge in [-0.3, -0.25) is 0 Å². The highest BCUT2D eigenvalue weighted by atomic mass is 32.1. The van der Waals surface area contributed by atoms with Crippen molar-refractivity contribution < 1.29 is 9.84 Å². The van der Waals surface area contributed by atoms with Gasteiger partial charge in [-0.25, -0.2) is 0 Å². The number of hydrogen-bond donors (Lipinski definition) is 1. The van der Waals surface area contributed by atoms with E-state index in [2.05, 4.69) is 0 Å². The molecule has 1 N–H and O–H groups in total.